The molecule has 5 rings (SSSR count). The number of halogens is 1. The predicted octanol–water partition coefficient (Wildman–Crippen LogP) is 3.02. The molecule has 1 aliphatic carbocycles. The van der Waals surface area contributed by atoms with Gasteiger partial charge in [0, 0.05) is 66.8 Å². The van der Waals surface area contributed by atoms with Crippen molar-refractivity contribution >= 4 is 28.2 Å². The number of anilines is 2. The molecule has 3 atom stereocenters. The number of nitrogens with zero attached hydrogens (tertiary/aromatic N) is 4. The van der Waals surface area contributed by atoms with Gasteiger partial charge in [0.05, 0.1) is 17.8 Å². The number of aryl methyl sites for hydroxylation is 2. The fourth-order valence-corrected chi connectivity index (χ4v) is 4.54. The fourth-order valence-electron chi connectivity index (χ4n) is 4.54. The van der Waals surface area contributed by atoms with Crippen LogP contribution in [0.5, 0.6) is 0 Å². The summed E-state index contributed by atoms with van der Waals surface area (Å²) in [6.45, 7) is 1.79. The maximum atomic E-state index is 15.0. The highest BCUT2D eigenvalue weighted by molar-refractivity contribution is 6.00. The van der Waals surface area contributed by atoms with Crippen LogP contribution < -0.4 is 11.1 Å². The summed E-state index contributed by atoms with van der Waals surface area (Å²) in [5.41, 5.74) is 8.85. The average molecular weight is 446 g/mol. The normalized spacial score (nSPS) is 19.6. The van der Waals surface area contributed by atoms with Gasteiger partial charge in [0.2, 0.25) is 5.91 Å². The molecule has 9 heteroatoms. The van der Waals surface area contributed by atoms with E-state index in [9.17, 15) is 9.90 Å². The van der Waals surface area contributed by atoms with Crippen LogP contribution in [0.4, 0.5) is 15.9 Å². The molecule has 0 bridgehead atoms. The van der Waals surface area contributed by atoms with Gasteiger partial charge in [-0.3, -0.25) is 14.5 Å². The van der Waals surface area contributed by atoms with Crippen LogP contribution in [0.15, 0.2) is 49.2 Å². The lowest BCUT2D eigenvalue weighted by Crippen LogP contribution is -2.17. The minimum atomic E-state index is -0.528. The van der Waals surface area contributed by atoms with E-state index in [1.807, 2.05) is 20.2 Å². The van der Waals surface area contributed by atoms with Crippen LogP contribution in [0, 0.1) is 24.6 Å². The van der Waals surface area contributed by atoms with Crippen LogP contribution in [0.25, 0.3) is 21.9 Å². The molecule has 1 fully saturated rings. The molecule has 0 radical (unpaired) electrons. The Morgan fingerprint density at radius 1 is 1.27 bits per heavy atom. The topological polar surface area (TPSA) is 119 Å². The molecular weight excluding hydrogens is 423 g/mol. The molecule has 3 heterocycles. The zero-order valence-corrected chi connectivity index (χ0v) is 18.2. The van der Waals surface area contributed by atoms with Gasteiger partial charge < -0.3 is 16.2 Å². The van der Waals surface area contributed by atoms with E-state index >= 15 is 4.39 Å². The Morgan fingerprint density at radius 2 is 2.09 bits per heavy atom. The van der Waals surface area contributed by atoms with Gasteiger partial charge in [0.15, 0.2) is 5.82 Å². The number of aromatic nitrogens is 4. The number of carbonyl (C=O) groups excluding carboxylic acids is 1. The monoisotopic (exact) mass is 446 g/mol. The smallest absolute Gasteiger partial charge is 0.229 e. The lowest BCUT2D eigenvalue weighted by molar-refractivity contribution is -0.117. The number of carbonyl (C=O) groups is 1. The Bertz CT molecular complexity index is 1380. The molecule has 4 N–H and O–H groups in total. The summed E-state index contributed by atoms with van der Waals surface area (Å²) in [4.78, 5) is 21.3. The maximum absolute atomic E-state index is 15.0. The molecule has 1 saturated carbocycles. The third-order valence-corrected chi connectivity index (χ3v) is 6.37. The third-order valence-electron chi connectivity index (χ3n) is 6.37. The Hall–Kier alpha value is -3.85. The number of hydrogen-bond acceptors (Lipinski definition) is 6. The van der Waals surface area contributed by atoms with Crippen molar-refractivity contribution in [2.75, 3.05) is 17.7 Å². The summed E-state index contributed by atoms with van der Waals surface area (Å²) in [7, 11) is 1.81. The first-order valence-corrected chi connectivity index (χ1v) is 10.6. The van der Waals surface area contributed by atoms with E-state index in [1.165, 1.54) is 6.20 Å². The number of amides is 1. The largest absolute Gasteiger partial charge is 0.396 e. The number of rotatable bonds is 5. The number of hydrogen-bond donors (Lipinski definition) is 3. The first-order valence-electron chi connectivity index (χ1n) is 10.6. The van der Waals surface area contributed by atoms with Crippen molar-refractivity contribution < 1.29 is 14.3 Å². The summed E-state index contributed by atoms with van der Waals surface area (Å²) in [6.07, 6.45) is 8.28. The zero-order chi connectivity index (χ0) is 23.3. The zero-order valence-electron chi connectivity index (χ0n) is 18.2. The van der Waals surface area contributed by atoms with Crippen molar-refractivity contribution in [3.8, 4) is 11.1 Å². The molecule has 0 unspecified atom stereocenters. The Kier molecular flexibility index (Phi) is 5.05. The first-order chi connectivity index (χ1) is 15.9. The van der Waals surface area contributed by atoms with E-state index < -0.39 is 5.82 Å². The molecule has 1 amide bonds. The number of aliphatic hydroxyl groups excluding tert-OH is 1. The van der Waals surface area contributed by atoms with Gasteiger partial charge >= 0.3 is 0 Å². The molecule has 0 spiro atoms. The van der Waals surface area contributed by atoms with Crippen LogP contribution in [0.3, 0.4) is 0 Å². The average Bonchev–Trinajstić information content (AvgIpc) is 3.39. The third kappa shape index (κ3) is 3.60. The highest BCUT2D eigenvalue weighted by atomic mass is 19.1. The highest BCUT2D eigenvalue weighted by Gasteiger charge is 2.55. The van der Waals surface area contributed by atoms with Crippen molar-refractivity contribution in [3.63, 3.8) is 0 Å². The van der Waals surface area contributed by atoms with Gasteiger partial charge in [-0.25, -0.2) is 9.37 Å². The van der Waals surface area contributed by atoms with Crippen LogP contribution in [0.2, 0.25) is 0 Å². The Morgan fingerprint density at radius 3 is 2.79 bits per heavy atom. The van der Waals surface area contributed by atoms with Crippen LogP contribution in [-0.2, 0) is 11.8 Å². The summed E-state index contributed by atoms with van der Waals surface area (Å²) in [5, 5.41) is 17.8. The quantitative estimate of drug-likeness (QED) is 0.406. The highest BCUT2D eigenvalue weighted by Crippen LogP contribution is 2.54. The van der Waals surface area contributed by atoms with Crippen LogP contribution >= 0.6 is 0 Å². The SMILES string of the molecule is Cc1ccncc1-c1cc2cc(NC(=O)[C@@H]3[C@H](CO)[C@H]3c3cnn(C)c3)ncc2c(N)c1F. The van der Waals surface area contributed by atoms with E-state index in [0.29, 0.717) is 27.7 Å². The first kappa shape index (κ1) is 21.0. The summed E-state index contributed by atoms with van der Waals surface area (Å²) in [5.74, 6) is -1.05. The van der Waals surface area contributed by atoms with Crippen LogP contribution in [-0.4, -0.2) is 37.4 Å². The van der Waals surface area contributed by atoms with Gasteiger partial charge in [0.25, 0.3) is 0 Å². The molecule has 1 aromatic carbocycles. The second-order valence-corrected chi connectivity index (χ2v) is 8.47. The second kappa shape index (κ2) is 7.93. The van der Waals surface area contributed by atoms with Gasteiger partial charge in [0.1, 0.15) is 5.82 Å². The van der Waals surface area contributed by atoms with Crippen molar-refractivity contribution in [2.24, 2.45) is 18.9 Å². The van der Waals surface area contributed by atoms with Crippen molar-refractivity contribution in [2.45, 2.75) is 12.8 Å². The van der Waals surface area contributed by atoms with Gasteiger partial charge in [-0.15, -0.1) is 0 Å². The molecule has 1 aliphatic rings. The lowest BCUT2D eigenvalue weighted by atomic mass is 9.98. The number of nitrogen functional groups attached to an aromatic ring is 1. The standard InChI is InChI=1S/C24H23FN6O2/c1-12-3-4-27-8-16(12)15-5-13-6-19(28-9-17(13)23(26)22(15)25)30-24(33)21-18(11-32)20(21)14-7-29-31(2)10-14/h3-10,18,20-21,32H,11,26H2,1-2H3,(H,28,30,33)/t18-,20-,21-/m1/s1. The second-order valence-electron chi connectivity index (χ2n) is 8.47. The number of nitrogens with one attached hydrogen (secondary N) is 1. The van der Waals surface area contributed by atoms with E-state index in [-0.39, 0.29) is 36.0 Å². The molecule has 33 heavy (non-hydrogen) atoms. The van der Waals surface area contributed by atoms with E-state index in [1.54, 1.807) is 41.5 Å². The molecule has 8 nitrogen and oxygen atoms in total. The number of aliphatic hydroxyl groups is 1. The molecule has 4 aromatic rings. The number of benzene rings is 1. The maximum Gasteiger partial charge on any atom is 0.229 e. The van der Waals surface area contributed by atoms with Gasteiger partial charge in [-0.05, 0) is 41.6 Å². The molecule has 0 aliphatic heterocycles. The van der Waals surface area contributed by atoms with E-state index in [4.69, 9.17) is 5.73 Å². The van der Waals surface area contributed by atoms with E-state index in [2.05, 4.69) is 20.4 Å². The minimum Gasteiger partial charge on any atom is -0.396 e. The van der Waals surface area contributed by atoms with Gasteiger partial charge in [-0.1, -0.05) is 0 Å². The Balaban J connectivity index is 1.45. The summed E-state index contributed by atoms with van der Waals surface area (Å²) in [6, 6.07) is 5.17. The minimum absolute atomic E-state index is 0.00434. The summed E-state index contributed by atoms with van der Waals surface area (Å²) < 4.78 is 16.7. The number of pyridine rings is 2. The van der Waals surface area contributed by atoms with Crippen molar-refractivity contribution in [1.29, 1.82) is 0 Å². The number of fused-ring (bicyclic) bond motifs is 1. The van der Waals surface area contributed by atoms with E-state index in [0.717, 1.165) is 11.1 Å². The molecule has 168 valence electrons. The molecule has 0 saturated heterocycles. The lowest BCUT2D eigenvalue weighted by Gasteiger charge is -2.12. The van der Waals surface area contributed by atoms with Crippen molar-refractivity contribution in [3.05, 3.63) is 66.1 Å². The number of nitrogens with two attached hydrogens (primary N) is 1. The van der Waals surface area contributed by atoms with Crippen molar-refractivity contribution in [1.82, 2.24) is 19.7 Å². The molecule has 3 aromatic heterocycles. The summed E-state index contributed by atoms with van der Waals surface area (Å²) >= 11 is 0. The fraction of sp³-hybridized carbons (Fsp3) is 0.250. The molecular formula is C24H23FN6O2. The Labute approximate surface area is 189 Å². The predicted molar refractivity (Wildman–Crippen MR) is 123 cm³/mol. The van der Waals surface area contributed by atoms with Gasteiger partial charge in [-0.2, -0.15) is 5.10 Å². The van der Waals surface area contributed by atoms with Crippen LogP contribution in [0.1, 0.15) is 17.0 Å².